The van der Waals surface area contributed by atoms with Gasteiger partial charge in [0.2, 0.25) is 0 Å². The average Bonchev–Trinajstić information content (AvgIpc) is 3.33. The summed E-state index contributed by atoms with van der Waals surface area (Å²) in [5, 5.41) is 20.6. The minimum Gasteiger partial charge on any atom is -0.475 e. The molecule has 2 aromatic carbocycles. The zero-order valence-corrected chi connectivity index (χ0v) is 18.2. The summed E-state index contributed by atoms with van der Waals surface area (Å²) in [7, 11) is 0. The van der Waals surface area contributed by atoms with E-state index in [1.807, 2.05) is 12.1 Å². The van der Waals surface area contributed by atoms with Crippen LogP contribution < -0.4 is 10.6 Å². The number of alkyl halides is 3. The maximum Gasteiger partial charge on any atom is 0.490 e. The van der Waals surface area contributed by atoms with Crippen molar-refractivity contribution in [3.05, 3.63) is 59.4 Å². The van der Waals surface area contributed by atoms with E-state index in [4.69, 9.17) is 15.0 Å². The van der Waals surface area contributed by atoms with Gasteiger partial charge in [-0.2, -0.15) is 18.3 Å². The first-order valence-electron chi connectivity index (χ1n) is 11.1. The number of rotatable bonds is 3. The lowest BCUT2D eigenvalue weighted by atomic mass is 9.85. The number of anilines is 1. The van der Waals surface area contributed by atoms with Gasteiger partial charge in [-0.15, -0.1) is 0 Å². The lowest BCUT2D eigenvalue weighted by Gasteiger charge is -2.23. The molecule has 2 fully saturated rings. The van der Waals surface area contributed by atoms with Crippen LogP contribution in [0.3, 0.4) is 0 Å². The second kappa shape index (κ2) is 8.12. The molecule has 3 heterocycles. The predicted molar refractivity (Wildman–Crippen MR) is 119 cm³/mol. The second-order valence-electron chi connectivity index (χ2n) is 8.92. The van der Waals surface area contributed by atoms with Gasteiger partial charge in [-0.25, -0.2) is 4.79 Å². The Morgan fingerprint density at radius 1 is 1.15 bits per heavy atom. The van der Waals surface area contributed by atoms with E-state index in [0.29, 0.717) is 6.04 Å². The van der Waals surface area contributed by atoms with Gasteiger partial charge < -0.3 is 15.7 Å². The monoisotopic (exact) mass is 472 g/mol. The highest BCUT2D eigenvalue weighted by Crippen LogP contribution is 2.56. The Kier molecular flexibility index (Phi) is 5.35. The highest BCUT2D eigenvalue weighted by atomic mass is 19.4. The molecule has 7 nitrogen and oxygen atoms in total. The van der Waals surface area contributed by atoms with Crippen LogP contribution in [0.1, 0.15) is 53.2 Å². The quantitative estimate of drug-likeness (QED) is 0.530. The molecule has 3 N–H and O–H groups in total. The normalized spacial score (nSPS) is 18.9. The first-order valence-corrected chi connectivity index (χ1v) is 11.1. The Balaban J connectivity index is 0.000000304. The van der Waals surface area contributed by atoms with Crippen LogP contribution in [0.4, 0.5) is 18.9 Å². The number of nitrogens with one attached hydrogen (secondary N) is 2. The molecule has 0 bridgehead atoms. The SMILES string of the molecule is O=C(O)C(F)(F)F.O=C1Nc2ccc(C3(c4cnn(C5CCNCC5)c4)CC3)c3cccc1c23. The van der Waals surface area contributed by atoms with Crippen molar-refractivity contribution in [2.24, 2.45) is 0 Å². The van der Waals surface area contributed by atoms with Crippen LogP contribution in [0.5, 0.6) is 0 Å². The molecule has 1 saturated carbocycles. The standard InChI is InChI=1S/C22H22N4O.C2HF3O2/c27-21-17-3-1-2-16-18(4-5-19(25-21)20(16)17)22(8-9-22)14-12-24-26(13-14)15-6-10-23-11-7-15;3-2(4,5)1(6)7/h1-5,12-13,15,23H,6-11H2,(H,25,27);(H,6,7). The summed E-state index contributed by atoms with van der Waals surface area (Å²) in [6.07, 6.45) is 3.83. The third-order valence-corrected chi connectivity index (χ3v) is 6.88. The number of hydrogen-bond donors (Lipinski definition) is 3. The van der Waals surface area contributed by atoms with Crippen LogP contribution in [0.2, 0.25) is 0 Å². The molecule has 10 heteroatoms. The van der Waals surface area contributed by atoms with Crippen molar-refractivity contribution < 1.29 is 27.9 Å². The average molecular weight is 472 g/mol. The fraction of sp³-hybridized carbons (Fsp3) is 0.375. The molecule has 0 atom stereocenters. The molecule has 3 aliphatic rings. The van der Waals surface area contributed by atoms with Gasteiger partial charge >= 0.3 is 12.1 Å². The predicted octanol–water partition coefficient (Wildman–Crippen LogP) is 4.24. The molecule has 34 heavy (non-hydrogen) atoms. The molecule has 1 saturated heterocycles. The number of carboxylic acids is 1. The molecule has 0 spiro atoms. The minimum absolute atomic E-state index is 0.0105. The van der Waals surface area contributed by atoms with Gasteiger partial charge in [-0.3, -0.25) is 9.48 Å². The fourth-order valence-electron chi connectivity index (χ4n) is 5.00. The molecule has 0 unspecified atom stereocenters. The summed E-state index contributed by atoms with van der Waals surface area (Å²) in [4.78, 5) is 21.1. The van der Waals surface area contributed by atoms with Gasteiger partial charge in [0.25, 0.3) is 5.91 Å². The van der Waals surface area contributed by atoms with Crippen LogP contribution in [0, 0.1) is 0 Å². The maximum absolute atomic E-state index is 12.2. The summed E-state index contributed by atoms with van der Waals surface area (Å²) < 4.78 is 33.9. The van der Waals surface area contributed by atoms with Crippen molar-refractivity contribution in [1.82, 2.24) is 15.1 Å². The van der Waals surface area contributed by atoms with Crippen molar-refractivity contribution in [1.29, 1.82) is 0 Å². The molecule has 3 aromatic rings. The number of piperidine rings is 1. The van der Waals surface area contributed by atoms with E-state index in [1.54, 1.807) is 0 Å². The number of benzene rings is 2. The van der Waals surface area contributed by atoms with E-state index in [-0.39, 0.29) is 11.3 Å². The molecule has 1 aliphatic carbocycles. The summed E-state index contributed by atoms with van der Waals surface area (Å²) in [5.41, 5.74) is 4.44. The number of hydrogen-bond acceptors (Lipinski definition) is 4. The number of amides is 1. The molecule has 0 radical (unpaired) electrons. The van der Waals surface area contributed by atoms with Crippen molar-refractivity contribution in [2.45, 2.75) is 43.3 Å². The van der Waals surface area contributed by atoms with Crippen molar-refractivity contribution >= 4 is 28.3 Å². The Morgan fingerprint density at radius 2 is 1.85 bits per heavy atom. The highest BCUT2D eigenvalue weighted by molar-refractivity contribution is 6.24. The molecule has 1 amide bonds. The van der Waals surface area contributed by atoms with Crippen LogP contribution in [0.15, 0.2) is 42.7 Å². The van der Waals surface area contributed by atoms with E-state index in [9.17, 15) is 18.0 Å². The molecular weight excluding hydrogens is 449 g/mol. The number of halogens is 3. The largest absolute Gasteiger partial charge is 0.490 e. The summed E-state index contributed by atoms with van der Waals surface area (Å²) in [6.45, 7) is 2.14. The second-order valence-corrected chi connectivity index (χ2v) is 8.92. The van der Waals surface area contributed by atoms with Crippen molar-refractivity contribution in [2.75, 3.05) is 18.4 Å². The number of aromatic nitrogens is 2. The molecule has 178 valence electrons. The van der Waals surface area contributed by atoms with Gasteiger partial charge in [0, 0.05) is 33.8 Å². The van der Waals surface area contributed by atoms with E-state index in [2.05, 4.69) is 45.9 Å². The molecule has 6 rings (SSSR count). The van der Waals surface area contributed by atoms with Crippen molar-refractivity contribution in [3.63, 3.8) is 0 Å². The van der Waals surface area contributed by atoms with Crippen LogP contribution >= 0.6 is 0 Å². The van der Waals surface area contributed by atoms with Gasteiger partial charge in [-0.05, 0) is 61.9 Å². The van der Waals surface area contributed by atoms with Crippen LogP contribution in [0.25, 0.3) is 10.8 Å². The highest BCUT2D eigenvalue weighted by Gasteiger charge is 2.48. The zero-order chi connectivity index (χ0) is 24.1. The third-order valence-electron chi connectivity index (χ3n) is 6.88. The minimum atomic E-state index is -5.08. The molecular formula is C24H23F3N4O3. The summed E-state index contributed by atoms with van der Waals surface area (Å²) in [6, 6.07) is 10.9. The number of aliphatic carboxylic acids is 1. The third kappa shape index (κ3) is 3.81. The first kappa shape index (κ1) is 22.4. The fourth-order valence-corrected chi connectivity index (χ4v) is 5.00. The Bertz CT molecular complexity index is 1270. The number of carbonyl (C=O) groups excluding carboxylic acids is 1. The van der Waals surface area contributed by atoms with Crippen LogP contribution in [-0.4, -0.2) is 46.0 Å². The molecule has 1 aromatic heterocycles. The molecule has 2 aliphatic heterocycles. The van der Waals surface area contributed by atoms with E-state index in [1.165, 1.54) is 16.5 Å². The van der Waals surface area contributed by atoms with Gasteiger partial charge in [0.15, 0.2) is 0 Å². The Hall–Kier alpha value is -3.40. The van der Waals surface area contributed by atoms with Gasteiger partial charge in [-0.1, -0.05) is 18.2 Å². The lowest BCUT2D eigenvalue weighted by molar-refractivity contribution is -0.192. The number of carbonyl (C=O) groups is 2. The van der Waals surface area contributed by atoms with Crippen molar-refractivity contribution in [3.8, 4) is 0 Å². The first-order chi connectivity index (χ1) is 16.2. The number of carboxylic acid groups (broad SMARTS) is 1. The number of nitrogens with zero attached hydrogens (tertiary/aromatic N) is 2. The summed E-state index contributed by atoms with van der Waals surface area (Å²) in [5.74, 6) is -2.75. The maximum atomic E-state index is 12.2. The smallest absolute Gasteiger partial charge is 0.475 e. The summed E-state index contributed by atoms with van der Waals surface area (Å²) >= 11 is 0. The van der Waals surface area contributed by atoms with Gasteiger partial charge in [0.1, 0.15) is 0 Å². The van der Waals surface area contributed by atoms with E-state index in [0.717, 1.165) is 55.4 Å². The van der Waals surface area contributed by atoms with E-state index < -0.39 is 12.1 Å². The Morgan fingerprint density at radius 3 is 2.50 bits per heavy atom. The topological polar surface area (TPSA) is 96.2 Å². The van der Waals surface area contributed by atoms with E-state index >= 15 is 0 Å². The van der Waals surface area contributed by atoms with Gasteiger partial charge in [0.05, 0.1) is 12.2 Å². The lowest BCUT2D eigenvalue weighted by Crippen LogP contribution is -2.29. The van der Waals surface area contributed by atoms with Crippen LogP contribution in [-0.2, 0) is 10.2 Å². The zero-order valence-electron chi connectivity index (χ0n) is 18.2. The Labute approximate surface area is 192 Å².